The van der Waals surface area contributed by atoms with Crippen molar-refractivity contribution in [3.63, 3.8) is 0 Å². The number of hydrazone groups is 1. The summed E-state index contributed by atoms with van der Waals surface area (Å²) in [5.74, 6) is -0.242. The smallest absolute Gasteiger partial charge is 0.272 e. The second-order valence-electron chi connectivity index (χ2n) is 5.64. The number of amides is 1. The van der Waals surface area contributed by atoms with E-state index in [4.69, 9.17) is 0 Å². The van der Waals surface area contributed by atoms with Gasteiger partial charge in [0.15, 0.2) is 0 Å². The number of rotatable bonds is 7. The van der Waals surface area contributed by atoms with Crippen LogP contribution in [-0.2, 0) is 16.4 Å². The summed E-state index contributed by atoms with van der Waals surface area (Å²) in [6, 6.07) is 8.66. The molecule has 0 saturated heterocycles. The third-order valence-electron chi connectivity index (χ3n) is 3.34. The van der Waals surface area contributed by atoms with Gasteiger partial charge in [0, 0.05) is 15.9 Å². The number of benzene rings is 1. The number of aryl methyl sites for hydroxylation is 1. The van der Waals surface area contributed by atoms with Crippen LogP contribution in [0.3, 0.4) is 0 Å². The molecule has 1 aromatic heterocycles. The molecular weight excluding hydrogens is 358 g/mol. The van der Waals surface area contributed by atoms with Gasteiger partial charge < -0.3 is 0 Å². The summed E-state index contributed by atoms with van der Waals surface area (Å²) < 4.78 is 24.8. The van der Waals surface area contributed by atoms with Crippen LogP contribution in [0.2, 0.25) is 0 Å². The molecule has 1 amide bonds. The maximum absolute atomic E-state index is 12.1. The monoisotopic (exact) mass is 379 g/mol. The SMILES string of the molecule is CCCc1cc(C(=O)N/N=C(\C)c2ccc(NS(C)(=O)=O)cc2)cs1. The van der Waals surface area contributed by atoms with Crippen LogP contribution in [-0.4, -0.2) is 26.3 Å². The molecule has 0 aliphatic heterocycles. The van der Waals surface area contributed by atoms with Crippen molar-refractivity contribution in [3.05, 3.63) is 51.7 Å². The van der Waals surface area contributed by atoms with Crippen LogP contribution < -0.4 is 10.1 Å². The van der Waals surface area contributed by atoms with Crippen molar-refractivity contribution in [2.24, 2.45) is 5.10 Å². The van der Waals surface area contributed by atoms with Gasteiger partial charge in [-0.25, -0.2) is 13.8 Å². The zero-order valence-electron chi connectivity index (χ0n) is 14.4. The molecule has 0 fully saturated rings. The van der Waals surface area contributed by atoms with Gasteiger partial charge in [0.05, 0.1) is 17.5 Å². The van der Waals surface area contributed by atoms with E-state index in [1.807, 2.05) is 11.4 Å². The van der Waals surface area contributed by atoms with Gasteiger partial charge in [-0.15, -0.1) is 11.3 Å². The Morgan fingerprint density at radius 1 is 1.20 bits per heavy atom. The second kappa shape index (κ2) is 8.26. The minimum Gasteiger partial charge on any atom is -0.284 e. The van der Waals surface area contributed by atoms with Crippen LogP contribution in [0.25, 0.3) is 0 Å². The lowest BCUT2D eigenvalue weighted by Gasteiger charge is -2.06. The van der Waals surface area contributed by atoms with E-state index in [0.29, 0.717) is 17.0 Å². The maximum Gasteiger partial charge on any atom is 0.272 e. The molecule has 2 rings (SSSR count). The lowest BCUT2D eigenvalue weighted by molar-refractivity contribution is 0.0955. The molecule has 2 N–H and O–H groups in total. The molecule has 0 aliphatic rings. The summed E-state index contributed by atoms with van der Waals surface area (Å²) in [6.45, 7) is 3.87. The summed E-state index contributed by atoms with van der Waals surface area (Å²) >= 11 is 1.57. The summed E-state index contributed by atoms with van der Waals surface area (Å²) in [5, 5.41) is 5.94. The van der Waals surface area contributed by atoms with Crippen LogP contribution in [0.15, 0.2) is 40.8 Å². The fourth-order valence-electron chi connectivity index (χ4n) is 2.13. The molecule has 2 aromatic rings. The minimum atomic E-state index is -3.30. The van der Waals surface area contributed by atoms with Gasteiger partial charge in [-0.1, -0.05) is 25.5 Å². The van der Waals surface area contributed by atoms with Gasteiger partial charge in [0.1, 0.15) is 0 Å². The number of nitrogens with zero attached hydrogens (tertiary/aromatic N) is 1. The molecule has 0 spiro atoms. The van der Waals surface area contributed by atoms with Crippen molar-refractivity contribution in [2.75, 3.05) is 11.0 Å². The van der Waals surface area contributed by atoms with E-state index in [0.717, 1.165) is 24.7 Å². The first-order valence-corrected chi connectivity index (χ1v) is 10.6. The van der Waals surface area contributed by atoms with Crippen molar-refractivity contribution >= 4 is 38.7 Å². The zero-order valence-corrected chi connectivity index (χ0v) is 16.0. The standard InChI is InChI=1S/C17H21N3O3S2/c1-4-5-16-10-14(11-24-16)17(21)19-18-12(2)13-6-8-15(9-7-13)20-25(3,22)23/h6-11,20H,4-5H2,1-3H3,(H,19,21)/b18-12+. The largest absolute Gasteiger partial charge is 0.284 e. The maximum atomic E-state index is 12.1. The molecule has 0 bridgehead atoms. The van der Waals surface area contributed by atoms with Crippen molar-refractivity contribution < 1.29 is 13.2 Å². The third kappa shape index (κ3) is 5.99. The lowest BCUT2D eigenvalue weighted by atomic mass is 10.1. The number of hydrogen-bond donors (Lipinski definition) is 2. The minimum absolute atomic E-state index is 0.242. The Kier molecular flexibility index (Phi) is 6.33. The number of hydrogen-bond acceptors (Lipinski definition) is 5. The molecule has 8 heteroatoms. The Labute approximate surface area is 152 Å². The van der Waals surface area contributed by atoms with E-state index >= 15 is 0 Å². The average Bonchev–Trinajstić information content (AvgIpc) is 3.00. The molecule has 0 aliphatic carbocycles. The van der Waals surface area contributed by atoms with Crippen LogP contribution in [0.5, 0.6) is 0 Å². The molecule has 134 valence electrons. The van der Waals surface area contributed by atoms with Crippen LogP contribution in [0.1, 0.15) is 41.1 Å². The molecule has 0 radical (unpaired) electrons. The van der Waals surface area contributed by atoms with Gasteiger partial charge >= 0.3 is 0 Å². The summed E-state index contributed by atoms with van der Waals surface area (Å²) in [4.78, 5) is 13.3. The first kappa shape index (κ1) is 19.1. The number of carbonyl (C=O) groups is 1. The summed E-state index contributed by atoms with van der Waals surface area (Å²) in [7, 11) is -3.30. The Balaban J connectivity index is 2.01. The normalized spacial score (nSPS) is 12.0. The van der Waals surface area contributed by atoms with Gasteiger partial charge in [0.2, 0.25) is 10.0 Å². The second-order valence-corrected chi connectivity index (χ2v) is 8.39. The van der Waals surface area contributed by atoms with E-state index < -0.39 is 10.0 Å². The predicted octanol–water partition coefficient (Wildman–Crippen LogP) is 3.23. The van der Waals surface area contributed by atoms with E-state index in [2.05, 4.69) is 22.2 Å². The number of sulfonamides is 1. The molecule has 0 saturated carbocycles. The molecule has 0 unspecified atom stereocenters. The zero-order chi connectivity index (χ0) is 18.4. The molecule has 25 heavy (non-hydrogen) atoms. The first-order chi connectivity index (χ1) is 11.8. The number of carbonyl (C=O) groups excluding carboxylic acids is 1. The average molecular weight is 380 g/mol. The highest BCUT2D eigenvalue weighted by Crippen LogP contribution is 2.16. The fourth-order valence-corrected chi connectivity index (χ4v) is 3.67. The summed E-state index contributed by atoms with van der Waals surface area (Å²) in [6.07, 6.45) is 3.11. The highest BCUT2D eigenvalue weighted by atomic mass is 32.2. The topological polar surface area (TPSA) is 87.6 Å². The van der Waals surface area contributed by atoms with Gasteiger partial charge in [-0.2, -0.15) is 5.10 Å². The van der Waals surface area contributed by atoms with Gasteiger partial charge in [0.25, 0.3) is 5.91 Å². The molecule has 6 nitrogen and oxygen atoms in total. The Bertz CT molecular complexity index is 869. The van der Waals surface area contributed by atoms with Crippen LogP contribution in [0.4, 0.5) is 5.69 Å². The van der Waals surface area contributed by atoms with Crippen LogP contribution in [0, 0.1) is 0 Å². The number of thiophene rings is 1. The van der Waals surface area contributed by atoms with Crippen molar-refractivity contribution in [3.8, 4) is 0 Å². The van der Waals surface area contributed by atoms with Crippen molar-refractivity contribution in [2.45, 2.75) is 26.7 Å². The number of nitrogens with one attached hydrogen (secondary N) is 2. The highest BCUT2D eigenvalue weighted by molar-refractivity contribution is 7.92. The van der Waals surface area contributed by atoms with Gasteiger partial charge in [-0.05, 0) is 37.1 Å². The molecular formula is C17H21N3O3S2. The first-order valence-electron chi connectivity index (χ1n) is 7.78. The fraction of sp³-hybridized carbons (Fsp3) is 0.294. The van der Waals surface area contributed by atoms with E-state index in [9.17, 15) is 13.2 Å². The Hall–Kier alpha value is -2.19. The van der Waals surface area contributed by atoms with Crippen molar-refractivity contribution in [1.82, 2.24) is 5.43 Å². The Morgan fingerprint density at radius 3 is 2.48 bits per heavy atom. The predicted molar refractivity (Wildman–Crippen MR) is 103 cm³/mol. The quantitative estimate of drug-likeness (QED) is 0.572. The highest BCUT2D eigenvalue weighted by Gasteiger charge is 2.08. The number of anilines is 1. The Morgan fingerprint density at radius 2 is 1.88 bits per heavy atom. The van der Waals surface area contributed by atoms with Crippen LogP contribution >= 0.6 is 11.3 Å². The molecule has 0 atom stereocenters. The van der Waals surface area contributed by atoms with E-state index in [1.165, 1.54) is 4.88 Å². The lowest BCUT2D eigenvalue weighted by Crippen LogP contribution is -2.18. The molecule has 1 heterocycles. The van der Waals surface area contributed by atoms with E-state index in [1.54, 1.807) is 42.5 Å². The van der Waals surface area contributed by atoms with Gasteiger partial charge in [-0.3, -0.25) is 9.52 Å². The van der Waals surface area contributed by atoms with Crippen molar-refractivity contribution in [1.29, 1.82) is 0 Å². The third-order valence-corrected chi connectivity index (χ3v) is 4.95. The van der Waals surface area contributed by atoms with E-state index in [-0.39, 0.29) is 5.91 Å². The summed E-state index contributed by atoms with van der Waals surface area (Å²) in [5.41, 5.74) is 5.05. The molecule has 1 aromatic carbocycles.